The van der Waals surface area contributed by atoms with Crippen molar-refractivity contribution < 1.29 is 14.6 Å². The van der Waals surface area contributed by atoms with Gasteiger partial charge in [0.25, 0.3) is 0 Å². The monoisotopic (exact) mass is 272 g/mol. The Labute approximate surface area is 119 Å². The van der Waals surface area contributed by atoms with Crippen molar-refractivity contribution >= 4 is 0 Å². The minimum atomic E-state index is -0.493. The molecule has 0 spiro atoms. The van der Waals surface area contributed by atoms with E-state index < -0.39 is 6.10 Å². The Morgan fingerprint density at radius 2 is 1.65 bits per heavy atom. The number of aliphatic hydroxyl groups excluding tert-OH is 1. The first kappa shape index (κ1) is 14.6. The van der Waals surface area contributed by atoms with Crippen LogP contribution in [0.2, 0.25) is 0 Å². The van der Waals surface area contributed by atoms with Crippen LogP contribution < -0.4 is 4.74 Å². The predicted molar refractivity (Wildman–Crippen MR) is 78.8 cm³/mol. The lowest BCUT2D eigenvalue weighted by atomic mass is 10.1. The van der Waals surface area contributed by atoms with Crippen molar-refractivity contribution in [2.75, 3.05) is 13.7 Å². The second kappa shape index (κ2) is 7.68. The normalized spacial score (nSPS) is 12.1. The number of hydrogen-bond acceptors (Lipinski definition) is 3. The van der Waals surface area contributed by atoms with E-state index in [0.29, 0.717) is 19.6 Å². The van der Waals surface area contributed by atoms with Gasteiger partial charge in [-0.15, -0.1) is 0 Å². The Morgan fingerprint density at radius 3 is 2.30 bits per heavy atom. The molecular formula is C17H20O3. The van der Waals surface area contributed by atoms with E-state index in [-0.39, 0.29) is 0 Å². The van der Waals surface area contributed by atoms with Gasteiger partial charge in [-0.25, -0.2) is 0 Å². The molecule has 0 radical (unpaired) electrons. The summed E-state index contributed by atoms with van der Waals surface area (Å²) >= 11 is 0. The van der Waals surface area contributed by atoms with E-state index in [4.69, 9.17) is 9.47 Å². The van der Waals surface area contributed by atoms with Crippen molar-refractivity contribution in [1.82, 2.24) is 0 Å². The van der Waals surface area contributed by atoms with Crippen LogP contribution in [-0.2, 0) is 17.8 Å². The van der Waals surface area contributed by atoms with Crippen molar-refractivity contribution in [3.8, 4) is 5.75 Å². The molecule has 1 atom stereocenters. The largest absolute Gasteiger partial charge is 0.497 e. The second-order valence-electron chi connectivity index (χ2n) is 4.71. The van der Waals surface area contributed by atoms with Gasteiger partial charge in [0.15, 0.2) is 0 Å². The van der Waals surface area contributed by atoms with E-state index in [2.05, 4.69) is 0 Å². The highest BCUT2D eigenvalue weighted by molar-refractivity contribution is 5.27. The number of ether oxygens (including phenoxy) is 2. The van der Waals surface area contributed by atoms with E-state index in [1.165, 1.54) is 0 Å². The van der Waals surface area contributed by atoms with Gasteiger partial charge >= 0.3 is 0 Å². The van der Waals surface area contributed by atoms with Gasteiger partial charge in [-0.2, -0.15) is 0 Å². The molecule has 3 heteroatoms. The zero-order valence-electron chi connectivity index (χ0n) is 11.7. The fourth-order valence-corrected chi connectivity index (χ4v) is 1.98. The van der Waals surface area contributed by atoms with E-state index >= 15 is 0 Å². The van der Waals surface area contributed by atoms with Gasteiger partial charge in [0.2, 0.25) is 0 Å². The molecule has 0 heterocycles. The molecule has 0 bridgehead atoms. The number of methoxy groups -OCH3 is 1. The van der Waals surface area contributed by atoms with E-state index in [0.717, 1.165) is 16.9 Å². The van der Waals surface area contributed by atoms with Gasteiger partial charge in [0.1, 0.15) is 5.75 Å². The average Bonchev–Trinajstić information content (AvgIpc) is 2.49. The summed E-state index contributed by atoms with van der Waals surface area (Å²) in [4.78, 5) is 0. The van der Waals surface area contributed by atoms with Crippen molar-refractivity contribution in [3.05, 3.63) is 65.7 Å². The Bertz CT molecular complexity index is 493. The summed E-state index contributed by atoms with van der Waals surface area (Å²) in [5, 5.41) is 9.95. The highest BCUT2D eigenvalue weighted by Gasteiger charge is 2.06. The molecule has 2 aromatic carbocycles. The van der Waals surface area contributed by atoms with Crippen molar-refractivity contribution in [3.63, 3.8) is 0 Å². The minimum Gasteiger partial charge on any atom is -0.497 e. The third-order valence-corrected chi connectivity index (χ3v) is 3.05. The van der Waals surface area contributed by atoms with Gasteiger partial charge in [-0.1, -0.05) is 42.5 Å². The molecule has 0 saturated heterocycles. The summed E-state index contributed by atoms with van der Waals surface area (Å²) in [5.74, 6) is 0.823. The summed E-state index contributed by atoms with van der Waals surface area (Å²) in [6, 6.07) is 17.7. The molecule has 20 heavy (non-hydrogen) atoms. The SMILES string of the molecule is COc1ccc(CC(O)COCc2ccccc2)cc1. The molecule has 0 aliphatic heterocycles. The fraction of sp³-hybridized carbons (Fsp3) is 0.294. The van der Waals surface area contributed by atoms with Crippen molar-refractivity contribution in [2.24, 2.45) is 0 Å². The van der Waals surface area contributed by atoms with E-state index in [1.807, 2.05) is 54.6 Å². The van der Waals surface area contributed by atoms with Crippen LogP contribution in [0.5, 0.6) is 5.75 Å². The summed E-state index contributed by atoms with van der Waals surface area (Å²) in [5.41, 5.74) is 2.19. The van der Waals surface area contributed by atoms with Gasteiger partial charge in [0.05, 0.1) is 26.4 Å². The first-order chi connectivity index (χ1) is 9.78. The Hall–Kier alpha value is -1.84. The average molecular weight is 272 g/mol. The number of hydrogen-bond donors (Lipinski definition) is 1. The highest BCUT2D eigenvalue weighted by atomic mass is 16.5. The molecule has 2 aromatic rings. The number of aliphatic hydroxyl groups is 1. The Morgan fingerprint density at radius 1 is 0.950 bits per heavy atom. The van der Waals surface area contributed by atoms with Gasteiger partial charge < -0.3 is 14.6 Å². The van der Waals surface area contributed by atoms with Crippen LogP contribution >= 0.6 is 0 Å². The molecule has 0 amide bonds. The molecule has 106 valence electrons. The van der Waals surface area contributed by atoms with Crippen LogP contribution in [0.4, 0.5) is 0 Å². The smallest absolute Gasteiger partial charge is 0.118 e. The topological polar surface area (TPSA) is 38.7 Å². The summed E-state index contributed by atoms with van der Waals surface area (Å²) in [6.07, 6.45) is 0.0887. The maximum Gasteiger partial charge on any atom is 0.118 e. The van der Waals surface area contributed by atoms with Crippen molar-refractivity contribution in [1.29, 1.82) is 0 Å². The van der Waals surface area contributed by atoms with E-state index in [1.54, 1.807) is 7.11 Å². The molecule has 1 N–H and O–H groups in total. The van der Waals surface area contributed by atoms with Crippen LogP contribution in [0.25, 0.3) is 0 Å². The van der Waals surface area contributed by atoms with Crippen LogP contribution in [0.15, 0.2) is 54.6 Å². The first-order valence-electron chi connectivity index (χ1n) is 6.70. The summed E-state index contributed by atoms with van der Waals surface area (Å²) < 4.78 is 10.6. The Balaban J connectivity index is 1.73. The molecule has 1 unspecified atom stereocenters. The van der Waals surface area contributed by atoms with Gasteiger partial charge in [-0.05, 0) is 23.3 Å². The second-order valence-corrected chi connectivity index (χ2v) is 4.71. The van der Waals surface area contributed by atoms with Crippen LogP contribution in [0.1, 0.15) is 11.1 Å². The molecule has 0 saturated carbocycles. The third kappa shape index (κ3) is 4.68. The quantitative estimate of drug-likeness (QED) is 0.842. The molecular weight excluding hydrogens is 252 g/mol. The van der Waals surface area contributed by atoms with E-state index in [9.17, 15) is 5.11 Å². The lowest BCUT2D eigenvalue weighted by Gasteiger charge is -2.12. The third-order valence-electron chi connectivity index (χ3n) is 3.05. The van der Waals surface area contributed by atoms with Crippen molar-refractivity contribution in [2.45, 2.75) is 19.1 Å². The maximum absolute atomic E-state index is 9.95. The molecule has 0 aromatic heterocycles. The molecule has 3 nitrogen and oxygen atoms in total. The molecule has 0 aliphatic rings. The standard InChI is InChI=1S/C17H20O3/c1-19-17-9-7-14(8-10-17)11-16(18)13-20-12-15-5-3-2-4-6-15/h2-10,16,18H,11-13H2,1H3. The highest BCUT2D eigenvalue weighted by Crippen LogP contribution is 2.13. The van der Waals surface area contributed by atoms with Gasteiger partial charge in [-0.3, -0.25) is 0 Å². The lowest BCUT2D eigenvalue weighted by molar-refractivity contribution is 0.0288. The molecule has 0 fully saturated rings. The van der Waals surface area contributed by atoms with Gasteiger partial charge in [0, 0.05) is 6.42 Å². The fourth-order valence-electron chi connectivity index (χ4n) is 1.98. The van der Waals surface area contributed by atoms with Crippen LogP contribution in [0, 0.1) is 0 Å². The maximum atomic E-state index is 9.95. The zero-order valence-corrected chi connectivity index (χ0v) is 11.7. The molecule has 0 aliphatic carbocycles. The predicted octanol–water partition coefficient (Wildman–Crippen LogP) is 2.82. The lowest BCUT2D eigenvalue weighted by Crippen LogP contribution is -2.18. The first-order valence-corrected chi connectivity index (χ1v) is 6.70. The van der Waals surface area contributed by atoms with Crippen LogP contribution in [0.3, 0.4) is 0 Å². The minimum absolute atomic E-state index is 0.334. The summed E-state index contributed by atoms with van der Waals surface area (Å²) in [7, 11) is 1.64. The van der Waals surface area contributed by atoms with Crippen LogP contribution in [-0.4, -0.2) is 24.9 Å². The number of rotatable bonds is 7. The zero-order chi connectivity index (χ0) is 14.2. The summed E-state index contributed by atoms with van der Waals surface area (Å²) in [6.45, 7) is 0.863. The number of benzene rings is 2. The Kier molecular flexibility index (Phi) is 5.59. The molecule has 2 rings (SSSR count).